The van der Waals surface area contributed by atoms with Gasteiger partial charge >= 0.3 is 0 Å². The third-order valence-electron chi connectivity index (χ3n) is 4.21. The number of nitrogens with zero attached hydrogens (tertiary/aromatic N) is 2. The van der Waals surface area contributed by atoms with Gasteiger partial charge in [0.15, 0.2) is 0 Å². The Labute approximate surface area is 128 Å². The Bertz CT molecular complexity index is 576. The summed E-state index contributed by atoms with van der Waals surface area (Å²) in [5.74, 6) is 0. The van der Waals surface area contributed by atoms with Crippen molar-refractivity contribution < 1.29 is 8.42 Å². The van der Waals surface area contributed by atoms with Crippen LogP contribution in [-0.2, 0) is 16.6 Å². The minimum Gasteiger partial charge on any atom is -0.346 e. The van der Waals surface area contributed by atoms with Gasteiger partial charge in [-0.25, -0.2) is 8.42 Å². The van der Waals surface area contributed by atoms with Gasteiger partial charge < -0.3 is 9.88 Å². The van der Waals surface area contributed by atoms with E-state index in [9.17, 15) is 8.42 Å². The molecule has 1 aromatic heterocycles. The third-order valence-corrected chi connectivity index (χ3v) is 6.15. The smallest absolute Gasteiger partial charge is 0.244 e. The topological polar surface area (TPSA) is 54.3 Å². The van der Waals surface area contributed by atoms with Crippen molar-refractivity contribution in [2.24, 2.45) is 0 Å². The predicted octanol–water partition coefficient (Wildman–Crippen LogP) is 2.35. The first-order chi connectivity index (χ1) is 9.91. The summed E-state index contributed by atoms with van der Waals surface area (Å²) in [6.07, 6.45) is 5.96. The lowest BCUT2D eigenvalue weighted by atomic mass is 10.2. The molecule has 0 aromatic carbocycles. The fourth-order valence-electron chi connectivity index (χ4n) is 2.66. The van der Waals surface area contributed by atoms with Crippen LogP contribution in [-0.4, -0.2) is 37.4 Å². The lowest BCUT2D eigenvalue weighted by Gasteiger charge is -2.23. The average Bonchev–Trinajstić information content (AvgIpc) is 3.19. The molecule has 0 bridgehead atoms. The molecule has 5 nitrogen and oxygen atoms in total. The number of sulfonamides is 1. The first-order valence-corrected chi connectivity index (χ1v) is 9.19. The monoisotopic (exact) mass is 313 g/mol. The largest absolute Gasteiger partial charge is 0.346 e. The second kappa shape index (κ2) is 6.50. The van der Waals surface area contributed by atoms with Crippen molar-refractivity contribution in [3.8, 4) is 0 Å². The molecule has 1 unspecified atom stereocenters. The molecule has 0 saturated heterocycles. The summed E-state index contributed by atoms with van der Waals surface area (Å²) in [7, 11) is 0.164. The molecule has 1 atom stereocenters. The Morgan fingerprint density at radius 2 is 2.14 bits per heavy atom. The van der Waals surface area contributed by atoms with Crippen LogP contribution in [0.3, 0.4) is 0 Å². The maximum Gasteiger partial charge on any atom is 0.244 e. The van der Waals surface area contributed by atoms with Gasteiger partial charge in [0.25, 0.3) is 0 Å². The summed E-state index contributed by atoms with van der Waals surface area (Å²) in [4.78, 5) is 0.421. The van der Waals surface area contributed by atoms with Gasteiger partial charge in [-0.1, -0.05) is 13.3 Å². The van der Waals surface area contributed by atoms with Crippen LogP contribution in [0.1, 0.15) is 51.3 Å². The average molecular weight is 313 g/mol. The molecule has 1 N–H and O–H groups in total. The number of hydrogen-bond acceptors (Lipinski definition) is 3. The Morgan fingerprint density at radius 1 is 1.48 bits per heavy atom. The van der Waals surface area contributed by atoms with Crippen LogP contribution in [0.4, 0.5) is 0 Å². The zero-order chi connectivity index (χ0) is 15.6. The van der Waals surface area contributed by atoms with Crippen molar-refractivity contribution in [1.29, 1.82) is 0 Å². The highest BCUT2D eigenvalue weighted by atomic mass is 32.2. The molecular weight excluding hydrogens is 286 g/mol. The van der Waals surface area contributed by atoms with Crippen LogP contribution >= 0.6 is 0 Å². The van der Waals surface area contributed by atoms with E-state index in [0.717, 1.165) is 31.4 Å². The molecule has 1 saturated carbocycles. The number of rotatable bonds is 8. The Morgan fingerprint density at radius 3 is 2.67 bits per heavy atom. The van der Waals surface area contributed by atoms with Gasteiger partial charge in [-0.3, -0.25) is 0 Å². The van der Waals surface area contributed by atoms with E-state index in [-0.39, 0.29) is 6.04 Å². The van der Waals surface area contributed by atoms with E-state index in [0.29, 0.717) is 17.5 Å². The molecule has 1 aliphatic rings. The highest BCUT2D eigenvalue weighted by Crippen LogP contribution is 2.37. The summed E-state index contributed by atoms with van der Waals surface area (Å²) in [5.41, 5.74) is 1.05. The van der Waals surface area contributed by atoms with Gasteiger partial charge in [0.05, 0.1) is 0 Å². The maximum absolute atomic E-state index is 12.8. The van der Waals surface area contributed by atoms with Gasteiger partial charge in [-0.2, -0.15) is 4.31 Å². The van der Waals surface area contributed by atoms with Crippen molar-refractivity contribution >= 4 is 10.0 Å². The molecule has 0 aliphatic heterocycles. The first kappa shape index (κ1) is 16.5. The molecule has 1 fully saturated rings. The Balaban J connectivity index is 2.29. The number of nitrogens with one attached hydrogen (secondary N) is 1. The van der Waals surface area contributed by atoms with Crippen molar-refractivity contribution in [1.82, 2.24) is 14.2 Å². The highest BCUT2D eigenvalue weighted by molar-refractivity contribution is 7.89. The molecule has 120 valence electrons. The second-order valence-corrected chi connectivity index (χ2v) is 7.99. The molecule has 1 heterocycles. The second-order valence-electron chi connectivity index (χ2n) is 5.99. The highest BCUT2D eigenvalue weighted by Gasteiger charge is 2.30. The molecule has 6 heteroatoms. The van der Waals surface area contributed by atoms with E-state index in [2.05, 4.69) is 16.8 Å². The van der Waals surface area contributed by atoms with Crippen molar-refractivity contribution in [3.05, 3.63) is 18.0 Å². The van der Waals surface area contributed by atoms with E-state index in [1.165, 1.54) is 4.31 Å². The van der Waals surface area contributed by atoms with E-state index in [4.69, 9.17) is 0 Å². The van der Waals surface area contributed by atoms with Gasteiger partial charge in [-0.05, 0) is 39.3 Å². The zero-order valence-electron chi connectivity index (χ0n) is 13.5. The molecule has 2 rings (SSSR count). The molecule has 1 aromatic rings. The summed E-state index contributed by atoms with van der Waals surface area (Å²) < 4.78 is 29.1. The molecular formula is C15H27N3O2S. The third kappa shape index (κ3) is 3.49. The maximum atomic E-state index is 12.8. The van der Waals surface area contributed by atoms with Crippen molar-refractivity contribution in [3.63, 3.8) is 0 Å². The summed E-state index contributed by atoms with van der Waals surface area (Å²) in [5, 5.41) is 3.11. The van der Waals surface area contributed by atoms with E-state index in [1.54, 1.807) is 7.05 Å². The lowest BCUT2D eigenvalue weighted by Crippen LogP contribution is -2.34. The minimum absolute atomic E-state index is 0.0250. The predicted molar refractivity (Wildman–Crippen MR) is 84.8 cm³/mol. The lowest BCUT2D eigenvalue weighted by molar-refractivity contribution is 0.368. The molecule has 0 amide bonds. The van der Waals surface area contributed by atoms with Gasteiger partial charge in [0.2, 0.25) is 10.0 Å². The minimum atomic E-state index is -3.40. The molecule has 0 spiro atoms. The number of aromatic nitrogens is 1. The van der Waals surface area contributed by atoms with E-state index in [1.807, 2.05) is 26.2 Å². The van der Waals surface area contributed by atoms with Gasteiger partial charge in [0.1, 0.15) is 4.90 Å². The number of hydrogen-bond donors (Lipinski definition) is 1. The zero-order valence-corrected chi connectivity index (χ0v) is 14.3. The van der Waals surface area contributed by atoms with Crippen molar-refractivity contribution in [2.75, 3.05) is 14.1 Å². The molecule has 0 radical (unpaired) electrons. The summed E-state index contributed by atoms with van der Waals surface area (Å²) in [6, 6.07) is 2.33. The van der Waals surface area contributed by atoms with Crippen molar-refractivity contribution in [2.45, 2.75) is 63.1 Å². The normalized spacial score (nSPS) is 17.4. The summed E-state index contributed by atoms with van der Waals surface area (Å²) >= 11 is 0. The molecule has 21 heavy (non-hydrogen) atoms. The van der Waals surface area contributed by atoms with E-state index >= 15 is 0 Å². The first-order valence-electron chi connectivity index (χ1n) is 7.75. The van der Waals surface area contributed by atoms with Crippen LogP contribution in [0.25, 0.3) is 0 Å². The SMILES string of the molecule is CCCC(C)N(C)S(=O)(=O)c1cc(CNC)n(C2CC2)c1. The molecule has 1 aliphatic carbocycles. The summed E-state index contributed by atoms with van der Waals surface area (Å²) in [6.45, 7) is 4.74. The van der Waals surface area contributed by atoms with Gasteiger partial charge in [0, 0.05) is 37.6 Å². The Hall–Kier alpha value is -0.850. The quantitative estimate of drug-likeness (QED) is 0.801. The van der Waals surface area contributed by atoms with Crippen LogP contribution < -0.4 is 5.32 Å². The van der Waals surface area contributed by atoms with Crippen LogP contribution in [0.15, 0.2) is 17.2 Å². The van der Waals surface area contributed by atoms with E-state index < -0.39 is 10.0 Å². The van der Waals surface area contributed by atoms with Crippen LogP contribution in [0.2, 0.25) is 0 Å². The van der Waals surface area contributed by atoms with Gasteiger partial charge in [-0.15, -0.1) is 0 Å². The standard InChI is InChI=1S/C15H27N3O2S/c1-5-6-12(2)17(4)21(19,20)15-9-14(10-16-3)18(11-15)13-7-8-13/h9,11-13,16H,5-8,10H2,1-4H3. The Kier molecular flexibility index (Phi) is 5.11. The fraction of sp³-hybridized carbons (Fsp3) is 0.733. The van der Waals surface area contributed by atoms with Crippen LogP contribution in [0.5, 0.6) is 0 Å². The van der Waals surface area contributed by atoms with Crippen LogP contribution in [0, 0.1) is 0 Å². The fourth-order valence-corrected chi connectivity index (χ4v) is 4.10.